The van der Waals surface area contributed by atoms with Gasteiger partial charge in [0.25, 0.3) is 5.91 Å². The molecule has 0 fully saturated rings. The first-order valence-electron chi connectivity index (χ1n) is 10.1. The van der Waals surface area contributed by atoms with E-state index in [9.17, 15) is 9.59 Å². The minimum absolute atomic E-state index is 0.162. The molecule has 0 radical (unpaired) electrons. The molecule has 2 aromatic rings. The smallest absolute Gasteiger partial charge is 0.261 e. The number of halogens is 1. The van der Waals surface area contributed by atoms with Gasteiger partial charge in [-0.05, 0) is 76.1 Å². The Bertz CT molecular complexity index is 907. The van der Waals surface area contributed by atoms with Crippen LogP contribution in [-0.4, -0.2) is 42.0 Å². The second kappa shape index (κ2) is 10.7. The molecule has 31 heavy (non-hydrogen) atoms. The lowest BCUT2D eigenvalue weighted by Crippen LogP contribution is -2.53. The van der Waals surface area contributed by atoms with E-state index >= 15 is 0 Å². The van der Waals surface area contributed by atoms with Crippen molar-refractivity contribution in [1.82, 2.24) is 10.2 Å². The molecular weight excluding hydrogens is 460 g/mol. The summed E-state index contributed by atoms with van der Waals surface area (Å²) in [5.74, 6) is 0.848. The van der Waals surface area contributed by atoms with E-state index in [0.717, 1.165) is 21.3 Å². The van der Waals surface area contributed by atoms with Crippen LogP contribution in [0, 0.1) is 6.92 Å². The predicted molar refractivity (Wildman–Crippen MR) is 125 cm³/mol. The maximum absolute atomic E-state index is 13.1. The second-order valence-corrected chi connectivity index (χ2v) is 9.34. The van der Waals surface area contributed by atoms with Crippen LogP contribution in [0.4, 0.5) is 0 Å². The van der Waals surface area contributed by atoms with Crippen LogP contribution in [0.3, 0.4) is 0 Å². The van der Waals surface area contributed by atoms with Crippen LogP contribution in [0.15, 0.2) is 46.9 Å². The van der Waals surface area contributed by atoms with Crippen LogP contribution in [0.1, 0.15) is 38.8 Å². The number of nitrogens with one attached hydrogen (secondary N) is 1. The van der Waals surface area contributed by atoms with Crippen molar-refractivity contribution in [1.29, 1.82) is 0 Å². The summed E-state index contributed by atoms with van der Waals surface area (Å²) in [7, 11) is 1.60. The van der Waals surface area contributed by atoms with Gasteiger partial charge in [0.2, 0.25) is 5.91 Å². The molecule has 6 nitrogen and oxygen atoms in total. The van der Waals surface area contributed by atoms with Gasteiger partial charge < -0.3 is 19.7 Å². The van der Waals surface area contributed by atoms with Crippen molar-refractivity contribution in [2.24, 2.45) is 0 Å². The lowest BCUT2D eigenvalue weighted by molar-refractivity contribution is -0.142. The SMILES string of the molecule is COc1ccc(CN(C(=O)COc2ccc(Br)c(C)c2)[C@@H](C)C(=O)NC(C)(C)C)cc1. The van der Waals surface area contributed by atoms with Crippen molar-refractivity contribution in [3.05, 3.63) is 58.1 Å². The first-order chi connectivity index (χ1) is 14.5. The number of rotatable bonds is 8. The van der Waals surface area contributed by atoms with E-state index in [-0.39, 0.29) is 25.0 Å². The highest BCUT2D eigenvalue weighted by atomic mass is 79.9. The Morgan fingerprint density at radius 2 is 1.71 bits per heavy atom. The van der Waals surface area contributed by atoms with Gasteiger partial charge in [0.15, 0.2) is 6.61 Å². The molecule has 2 aromatic carbocycles. The number of hydrogen-bond donors (Lipinski definition) is 1. The number of carbonyl (C=O) groups is 2. The number of amides is 2. The normalized spacial score (nSPS) is 12.1. The van der Waals surface area contributed by atoms with Gasteiger partial charge in [-0.2, -0.15) is 0 Å². The van der Waals surface area contributed by atoms with Crippen LogP contribution in [0.2, 0.25) is 0 Å². The molecule has 168 valence electrons. The first kappa shape index (κ1) is 24.7. The molecule has 2 rings (SSSR count). The number of benzene rings is 2. The number of hydrogen-bond acceptors (Lipinski definition) is 4. The number of nitrogens with zero attached hydrogens (tertiary/aromatic N) is 1. The Balaban J connectivity index is 2.18. The molecule has 1 atom stereocenters. The summed E-state index contributed by atoms with van der Waals surface area (Å²) < 4.78 is 11.9. The predicted octanol–water partition coefficient (Wildman–Crippen LogP) is 4.48. The summed E-state index contributed by atoms with van der Waals surface area (Å²) in [5, 5.41) is 2.95. The number of ether oxygens (including phenoxy) is 2. The van der Waals surface area contributed by atoms with Gasteiger partial charge in [0.1, 0.15) is 17.5 Å². The summed E-state index contributed by atoms with van der Waals surface area (Å²) >= 11 is 3.45. The van der Waals surface area contributed by atoms with Crippen molar-refractivity contribution in [3.8, 4) is 11.5 Å². The molecule has 0 saturated carbocycles. The zero-order valence-corrected chi connectivity index (χ0v) is 20.6. The Kier molecular flexibility index (Phi) is 8.51. The Morgan fingerprint density at radius 1 is 1.10 bits per heavy atom. The average Bonchev–Trinajstić information content (AvgIpc) is 2.71. The Morgan fingerprint density at radius 3 is 2.26 bits per heavy atom. The van der Waals surface area contributed by atoms with Gasteiger partial charge >= 0.3 is 0 Å². The van der Waals surface area contributed by atoms with Gasteiger partial charge in [-0.25, -0.2) is 0 Å². The molecule has 0 bridgehead atoms. The summed E-state index contributed by atoms with van der Waals surface area (Å²) in [5.41, 5.74) is 1.51. The van der Waals surface area contributed by atoms with Crippen LogP contribution in [-0.2, 0) is 16.1 Å². The molecule has 0 aliphatic carbocycles. The van der Waals surface area contributed by atoms with Crippen molar-refractivity contribution in [2.75, 3.05) is 13.7 Å². The highest BCUT2D eigenvalue weighted by Gasteiger charge is 2.28. The number of aryl methyl sites for hydroxylation is 1. The molecular formula is C24H31BrN2O4. The second-order valence-electron chi connectivity index (χ2n) is 8.48. The van der Waals surface area contributed by atoms with Gasteiger partial charge in [-0.1, -0.05) is 28.1 Å². The maximum atomic E-state index is 13.1. The molecule has 1 N–H and O–H groups in total. The number of methoxy groups -OCH3 is 1. The fourth-order valence-corrected chi connectivity index (χ4v) is 3.17. The first-order valence-corrected chi connectivity index (χ1v) is 10.9. The molecule has 0 heterocycles. The third-order valence-corrected chi connectivity index (χ3v) is 5.56. The Labute approximate surface area is 193 Å². The quantitative estimate of drug-likeness (QED) is 0.592. The third kappa shape index (κ3) is 7.58. The minimum atomic E-state index is -0.663. The van der Waals surface area contributed by atoms with E-state index in [0.29, 0.717) is 5.75 Å². The van der Waals surface area contributed by atoms with Crippen LogP contribution >= 0.6 is 15.9 Å². The van der Waals surface area contributed by atoms with Gasteiger partial charge in [-0.15, -0.1) is 0 Å². The van der Waals surface area contributed by atoms with Gasteiger partial charge in [0.05, 0.1) is 7.11 Å². The van der Waals surface area contributed by atoms with Gasteiger partial charge in [-0.3, -0.25) is 9.59 Å². The molecule has 0 aliphatic rings. The van der Waals surface area contributed by atoms with Crippen molar-refractivity contribution >= 4 is 27.7 Å². The van der Waals surface area contributed by atoms with E-state index in [2.05, 4.69) is 21.2 Å². The van der Waals surface area contributed by atoms with Crippen LogP contribution in [0.25, 0.3) is 0 Å². The third-order valence-electron chi connectivity index (χ3n) is 4.67. The van der Waals surface area contributed by atoms with Crippen molar-refractivity contribution in [3.63, 3.8) is 0 Å². The van der Waals surface area contributed by atoms with Crippen molar-refractivity contribution in [2.45, 2.75) is 52.7 Å². The molecule has 0 unspecified atom stereocenters. The molecule has 0 aromatic heterocycles. The molecule has 2 amide bonds. The van der Waals surface area contributed by atoms with E-state index in [1.54, 1.807) is 20.1 Å². The van der Waals surface area contributed by atoms with E-state index in [4.69, 9.17) is 9.47 Å². The van der Waals surface area contributed by atoms with E-state index < -0.39 is 11.6 Å². The Hall–Kier alpha value is -2.54. The fraction of sp³-hybridized carbons (Fsp3) is 0.417. The minimum Gasteiger partial charge on any atom is -0.497 e. The number of carbonyl (C=O) groups excluding carboxylic acids is 2. The molecule has 0 saturated heterocycles. The zero-order chi connectivity index (χ0) is 23.2. The topological polar surface area (TPSA) is 67.9 Å². The van der Waals surface area contributed by atoms with Gasteiger partial charge in [0, 0.05) is 16.6 Å². The lowest BCUT2D eigenvalue weighted by Gasteiger charge is -2.31. The standard InChI is InChI=1S/C24H31BrN2O4/c1-16-13-20(11-12-21(16)25)31-15-22(28)27(17(2)23(29)26-24(3,4)5)14-18-7-9-19(30-6)10-8-18/h7-13,17H,14-15H2,1-6H3,(H,26,29)/t17-/m0/s1. The van der Waals surface area contributed by atoms with Crippen LogP contribution < -0.4 is 14.8 Å². The highest BCUT2D eigenvalue weighted by molar-refractivity contribution is 9.10. The lowest BCUT2D eigenvalue weighted by atomic mass is 10.1. The summed E-state index contributed by atoms with van der Waals surface area (Å²) in [6.45, 7) is 9.53. The maximum Gasteiger partial charge on any atom is 0.261 e. The average molecular weight is 491 g/mol. The van der Waals surface area contributed by atoms with Crippen molar-refractivity contribution < 1.29 is 19.1 Å². The van der Waals surface area contributed by atoms with E-state index in [1.165, 1.54) is 4.90 Å². The monoisotopic (exact) mass is 490 g/mol. The molecule has 7 heteroatoms. The zero-order valence-electron chi connectivity index (χ0n) is 19.0. The molecule has 0 spiro atoms. The largest absolute Gasteiger partial charge is 0.497 e. The highest BCUT2D eigenvalue weighted by Crippen LogP contribution is 2.22. The fourth-order valence-electron chi connectivity index (χ4n) is 2.92. The van der Waals surface area contributed by atoms with Crippen LogP contribution in [0.5, 0.6) is 11.5 Å². The summed E-state index contributed by atoms with van der Waals surface area (Å²) in [6.07, 6.45) is 0. The molecule has 0 aliphatic heterocycles. The summed E-state index contributed by atoms with van der Waals surface area (Å²) in [6, 6.07) is 12.3. The summed E-state index contributed by atoms with van der Waals surface area (Å²) in [4.78, 5) is 27.4. The van der Waals surface area contributed by atoms with E-state index in [1.807, 2.05) is 64.1 Å².